The lowest BCUT2D eigenvalue weighted by Crippen LogP contribution is -2.19. The van der Waals surface area contributed by atoms with Gasteiger partial charge in [0.25, 0.3) is 11.1 Å². The van der Waals surface area contributed by atoms with Crippen LogP contribution in [-0.2, 0) is 0 Å². The summed E-state index contributed by atoms with van der Waals surface area (Å²) in [4.78, 5) is 47.3. The molecule has 36 heavy (non-hydrogen) atoms. The summed E-state index contributed by atoms with van der Waals surface area (Å²) in [6, 6.07) is 18.1. The van der Waals surface area contributed by atoms with Crippen molar-refractivity contribution in [3.63, 3.8) is 0 Å². The Hall–Kier alpha value is -4.60. The number of H-pyrrole nitrogens is 2. The summed E-state index contributed by atoms with van der Waals surface area (Å²) < 4.78 is 13.2. The van der Waals surface area contributed by atoms with Gasteiger partial charge in [-0.05, 0) is 52.0 Å². The molecular weight excluding hydrogens is 464 g/mol. The second-order valence-corrected chi connectivity index (χ2v) is 7.56. The van der Waals surface area contributed by atoms with Gasteiger partial charge in [0.2, 0.25) is 11.8 Å². The summed E-state index contributed by atoms with van der Waals surface area (Å²) in [5, 5.41) is 5.62. The monoisotopic (exact) mass is 492 g/mol. The average molecular weight is 493 g/mol. The zero-order chi connectivity index (χ0) is 26.2. The number of ketones is 2. The number of aromatic nitrogens is 4. The Kier molecular flexibility index (Phi) is 8.45. The Balaban J connectivity index is 0.000000201. The van der Waals surface area contributed by atoms with Crippen LogP contribution in [0.15, 0.2) is 70.3 Å². The first-order valence-electron chi connectivity index (χ1n) is 11.4. The SMILES string of the molecule is CCOc1[nH]n(-c2ccccc2)c(=O)c1C(C)=O.CCOc1[nH]n(-c2ccccc2)c(=O)c1C(C)=O. The summed E-state index contributed by atoms with van der Waals surface area (Å²) in [5.41, 5.74) is 0.655. The first kappa shape index (κ1) is 26.0. The molecule has 0 fully saturated rings. The minimum absolute atomic E-state index is 0.0562. The number of aromatic amines is 2. The Morgan fingerprint density at radius 2 is 1.00 bits per heavy atom. The number of nitrogens with one attached hydrogen (secondary N) is 2. The molecule has 10 nitrogen and oxygen atoms in total. The van der Waals surface area contributed by atoms with Crippen LogP contribution in [0.1, 0.15) is 48.4 Å². The predicted molar refractivity (Wildman–Crippen MR) is 135 cm³/mol. The second kappa shape index (κ2) is 11.7. The average Bonchev–Trinajstić information content (AvgIpc) is 3.37. The number of para-hydroxylation sites is 2. The van der Waals surface area contributed by atoms with Gasteiger partial charge in [0.05, 0.1) is 24.6 Å². The Bertz CT molecular complexity index is 1330. The number of Topliss-reactive ketones (excluding diaryl/α,β-unsaturated/α-hetero) is 2. The molecule has 0 radical (unpaired) electrons. The van der Waals surface area contributed by atoms with Gasteiger partial charge in [-0.25, -0.2) is 9.36 Å². The third kappa shape index (κ3) is 5.54. The molecule has 0 atom stereocenters. The molecule has 0 saturated heterocycles. The van der Waals surface area contributed by atoms with E-state index in [0.29, 0.717) is 24.6 Å². The van der Waals surface area contributed by atoms with Crippen LogP contribution < -0.4 is 20.6 Å². The number of rotatable bonds is 8. The quantitative estimate of drug-likeness (QED) is 0.362. The third-order valence-electron chi connectivity index (χ3n) is 5.02. The standard InChI is InChI=1S/2C13H14N2O3/c2*1-3-18-12-11(9(2)16)13(17)15(14-12)10-7-5-4-6-8-10/h2*4-8,14H,3H2,1-2H3. The zero-order valence-corrected chi connectivity index (χ0v) is 20.5. The van der Waals surface area contributed by atoms with E-state index in [1.165, 1.54) is 23.2 Å². The number of ether oxygens (including phenoxy) is 2. The second-order valence-electron chi connectivity index (χ2n) is 7.56. The minimum Gasteiger partial charge on any atom is -0.478 e. The highest BCUT2D eigenvalue weighted by Crippen LogP contribution is 2.16. The van der Waals surface area contributed by atoms with Gasteiger partial charge >= 0.3 is 0 Å². The third-order valence-corrected chi connectivity index (χ3v) is 5.02. The van der Waals surface area contributed by atoms with Gasteiger partial charge in [-0.15, -0.1) is 0 Å². The largest absolute Gasteiger partial charge is 0.478 e. The van der Waals surface area contributed by atoms with Crippen LogP contribution in [0.3, 0.4) is 0 Å². The molecule has 0 amide bonds. The molecule has 0 unspecified atom stereocenters. The van der Waals surface area contributed by atoms with E-state index in [2.05, 4.69) is 10.2 Å². The van der Waals surface area contributed by atoms with Gasteiger partial charge in [-0.1, -0.05) is 36.4 Å². The van der Waals surface area contributed by atoms with Crippen molar-refractivity contribution in [3.05, 3.63) is 92.5 Å². The number of carbonyl (C=O) groups is 2. The number of carbonyl (C=O) groups excluding carboxylic acids is 2. The molecule has 0 aliphatic heterocycles. The van der Waals surface area contributed by atoms with Crippen LogP contribution in [0, 0.1) is 0 Å². The molecule has 2 N–H and O–H groups in total. The van der Waals surface area contributed by atoms with Crippen molar-refractivity contribution in [2.75, 3.05) is 13.2 Å². The van der Waals surface area contributed by atoms with Crippen LogP contribution >= 0.6 is 0 Å². The fourth-order valence-corrected chi connectivity index (χ4v) is 3.47. The maximum Gasteiger partial charge on any atom is 0.286 e. The van der Waals surface area contributed by atoms with Gasteiger partial charge in [-0.2, -0.15) is 0 Å². The molecule has 2 heterocycles. The van der Waals surface area contributed by atoms with Crippen molar-refractivity contribution in [2.45, 2.75) is 27.7 Å². The van der Waals surface area contributed by atoms with Crippen molar-refractivity contribution in [1.29, 1.82) is 0 Å². The van der Waals surface area contributed by atoms with Crippen molar-refractivity contribution in [3.8, 4) is 23.1 Å². The highest BCUT2D eigenvalue weighted by atomic mass is 16.5. The van der Waals surface area contributed by atoms with Gasteiger partial charge in [0.15, 0.2) is 11.6 Å². The molecule has 2 aromatic heterocycles. The summed E-state index contributed by atoms with van der Waals surface area (Å²) in [6.07, 6.45) is 0. The number of nitrogens with zero attached hydrogens (tertiary/aromatic N) is 2. The lowest BCUT2D eigenvalue weighted by atomic mass is 10.2. The van der Waals surface area contributed by atoms with E-state index in [0.717, 1.165) is 0 Å². The fourth-order valence-electron chi connectivity index (χ4n) is 3.47. The summed E-state index contributed by atoms with van der Waals surface area (Å²) in [6.45, 7) is 7.05. The van der Waals surface area contributed by atoms with E-state index in [1.807, 2.05) is 36.4 Å². The van der Waals surface area contributed by atoms with E-state index >= 15 is 0 Å². The summed E-state index contributed by atoms with van der Waals surface area (Å²) in [5.74, 6) is -0.179. The first-order chi connectivity index (χ1) is 17.3. The van der Waals surface area contributed by atoms with Crippen LogP contribution in [-0.4, -0.2) is 44.3 Å². The highest BCUT2D eigenvalue weighted by Gasteiger charge is 2.21. The molecule has 10 heteroatoms. The van der Waals surface area contributed by atoms with Gasteiger partial charge in [-0.3, -0.25) is 29.4 Å². The van der Waals surface area contributed by atoms with Gasteiger partial charge < -0.3 is 9.47 Å². The van der Waals surface area contributed by atoms with Crippen LogP contribution in [0.25, 0.3) is 11.4 Å². The topological polar surface area (TPSA) is 128 Å². The highest BCUT2D eigenvalue weighted by molar-refractivity contribution is 5.96. The van der Waals surface area contributed by atoms with Crippen molar-refractivity contribution in [1.82, 2.24) is 19.6 Å². The number of hydrogen-bond acceptors (Lipinski definition) is 6. The molecule has 188 valence electrons. The van der Waals surface area contributed by atoms with Crippen molar-refractivity contribution >= 4 is 11.6 Å². The molecule has 0 spiro atoms. The van der Waals surface area contributed by atoms with E-state index in [4.69, 9.17) is 9.47 Å². The first-order valence-corrected chi connectivity index (χ1v) is 11.4. The minimum atomic E-state index is -0.392. The Morgan fingerprint density at radius 1 is 0.667 bits per heavy atom. The van der Waals surface area contributed by atoms with Gasteiger partial charge in [0.1, 0.15) is 11.1 Å². The molecule has 0 aliphatic rings. The molecular formula is C26H28N4O6. The van der Waals surface area contributed by atoms with Crippen molar-refractivity contribution in [2.24, 2.45) is 0 Å². The maximum absolute atomic E-state index is 12.1. The predicted octanol–water partition coefficient (Wildman–Crippen LogP) is 3.53. The summed E-state index contributed by atoms with van der Waals surface area (Å²) >= 11 is 0. The van der Waals surface area contributed by atoms with E-state index in [9.17, 15) is 19.2 Å². The maximum atomic E-state index is 12.1. The molecule has 0 aliphatic carbocycles. The smallest absolute Gasteiger partial charge is 0.286 e. The molecule has 2 aromatic carbocycles. The van der Waals surface area contributed by atoms with Gasteiger partial charge in [0, 0.05) is 0 Å². The number of benzene rings is 2. The van der Waals surface area contributed by atoms with Crippen molar-refractivity contribution < 1.29 is 19.1 Å². The van der Waals surface area contributed by atoms with E-state index in [1.54, 1.807) is 38.1 Å². The van der Waals surface area contributed by atoms with Crippen LogP contribution in [0.4, 0.5) is 0 Å². The van der Waals surface area contributed by atoms with Crippen LogP contribution in [0.5, 0.6) is 11.8 Å². The molecule has 4 aromatic rings. The molecule has 0 bridgehead atoms. The normalized spacial score (nSPS) is 10.3. The van der Waals surface area contributed by atoms with E-state index < -0.39 is 11.1 Å². The molecule has 0 saturated carbocycles. The lowest BCUT2D eigenvalue weighted by molar-refractivity contribution is 0.0999. The fraction of sp³-hybridized carbons (Fsp3) is 0.231. The zero-order valence-electron chi connectivity index (χ0n) is 20.5. The summed E-state index contributed by atoms with van der Waals surface area (Å²) in [7, 11) is 0. The molecule has 4 rings (SSSR count). The Morgan fingerprint density at radius 3 is 1.28 bits per heavy atom. The van der Waals surface area contributed by atoms with Crippen LogP contribution in [0.2, 0.25) is 0 Å². The van der Waals surface area contributed by atoms with E-state index in [-0.39, 0.29) is 34.5 Å². The number of hydrogen-bond donors (Lipinski definition) is 2. The lowest BCUT2D eigenvalue weighted by Gasteiger charge is -2.01. The Labute approximate surface area is 207 Å².